The second-order valence-electron chi connectivity index (χ2n) is 7.52. The molecule has 2 aromatic heterocycles. The van der Waals surface area contributed by atoms with E-state index < -0.39 is 0 Å². The maximum Gasteiger partial charge on any atom is 0.227 e. The summed E-state index contributed by atoms with van der Waals surface area (Å²) < 4.78 is 7.66. The predicted molar refractivity (Wildman–Crippen MR) is 110 cm³/mol. The summed E-state index contributed by atoms with van der Waals surface area (Å²) in [4.78, 5) is 20.8. The van der Waals surface area contributed by atoms with Crippen molar-refractivity contribution in [1.29, 1.82) is 0 Å². The van der Waals surface area contributed by atoms with E-state index in [4.69, 9.17) is 4.74 Å². The topological polar surface area (TPSA) is 81.9 Å². The summed E-state index contributed by atoms with van der Waals surface area (Å²) in [5.74, 6) is 1.98. The highest BCUT2D eigenvalue weighted by atomic mass is 16.5. The summed E-state index contributed by atoms with van der Waals surface area (Å²) in [5, 5.41) is 7.52. The maximum atomic E-state index is 12.2. The summed E-state index contributed by atoms with van der Waals surface area (Å²) in [6.07, 6.45) is 5.72. The molecule has 0 bridgehead atoms. The summed E-state index contributed by atoms with van der Waals surface area (Å²) in [6, 6.07) is 9.08. The molecule has 4 rings (SSSR count). The molecule has 0 saturated heterocycles. The predicted octanol–water partition coefficient (Wildman–Crippen LogP) is 4.51. The largest absolute Gasteiger partial charge is 0.439 e. The van der Waals surface area contributed by atoms with Crippen LogP contribution in [0.5, 0.6) is 11.6 Å². The molecule has 0 radical (unpaired) electrons. The van der Waals surface area contributed by atoms with Gasteiger partial charge in [0.2, 0.25) is 11.8 Å². The van der Waals surface area contributed by atoms with E-state index in [9.17, 15) is 4.79 Å². The van der Waals surface area contributed by atoms with Crippen molar-refractivity contribution >= 4 is 11.6 Å². The SMILES string of the molecule is Cc1nn(-c2cc(Oc3ccc(NC(=O)C4CCCC4)cc3)ncn2)c(C)c1C. The van der Waals surface area contributed by atoms with E-state index in [0.717, 1.165) is 48.3 Å². The normalized spacial score (nSPS) is 14.2. The average molecular weight is 391 g/mol. The highest BCUT2D eigenvalue weighted by Crippen LogP contribution is 2.27. The van der Waals surface area contributed by atoms with E-state index in [1.54, 1.807) is 10.7 Å². The van der Waals surface area contributed by atoms with Crippen LogP contribution in [0.2, 0.25) is 0 Å². The van der Waals surface area contributed by atoms with Crippen LogP contribution in [-0.4, -0.2) is 25.7 Å². The molecule has 0 unspecified atom stereocenters. The molecule has 1 amide bonds. The van der Waals surface area contributed by atoms with Crippen molar-refractivity contribution in [2.75, 3.05) is 5.32 Å². The lowest BCUT2D eigenvalue weighted by Gasteiger charge is -2.11. The molecule has 0 spiro atoms. The van der Waals surface area contributed by atoms with Crippen LogP contribution in [0.25, 0.3) is 5.82 Å². The number of carbonyl (C=O) groups excluding carboxylic acids is 1. The van der Waals surface area contributed by atoms with Gasteiger partial charge < -0.3 is 10.1 Å². The Morgan fingerprint density at radius 1 is 1.10 bits per heavy atom. The number of carbonyl (C=O) groups is 1. The van der Waals surface area contributed by atoms with E-state index in [1.807, 2.05) is 45.0 Å². The fourth-order valence-electron chi connectivity index (χ4n) is 3.60. The third-order valence-corrected chi connectivity index (χ3v) is 5.57. The van der Waals surface area contributed by atoms with Gasteiger partial charge in [-0.15, -0.1) is 0 Å². The lowest BCUT2D eigenvalue weighted by atomic mass is 10.1. The van der Waals surface area contributed by atoms with Crippen LogP contribution in [0.15, 0.2) is 36.7 Å². The monoisotopic (exact) mass is 391 g/mol. The first-order valence-corrected chi connectivity index (χ1v) is 9.95. The van der Waals surface area contributed by atoms with Crippen LogP contribution in [0.3, 0.4) is 0 Å². The van der Waals surface area contributed by atoms with Crippen molar-refractivity contribution in [1.82, 2.24) is 19.7 Å². The smallest absolute Gasteiger partial charge is 0.227 e. The van der Waals surface area contributed by atoms with Gasteiger partial charge in [0.1, 0.15) is 12.1 Å². The Kier molecular flexibility index (Phi) is 5.29. The maximum absolute atomic E-state index is 12.2. The van der Waals surface area contributed by atoms with Crippen LogP contribution in [-0.2, 0) is 4.79 Å². The third kappa shape index (κ3) is 4.13. The molecular weight excluding hydrogens is 366 g/mol. The lowest BCUT2D eigenvalue weighted by molar-refractivity contribution is -0.119. The Morgan fingerprint density at radius 3 is 2.48 bits per heavy atom. The van der Waals surface area contributed by atoms with Gasteiger partial charge in [0.15, 0.2) is 5.82 Å². The van der Waals surface area contributed by atoms with Crippen molar-refractivity contribution in [3.05, 3.63) is 53.6 Å². The molecule has 150 valence electrons. The molecule has 1 aromatic carbocycles. The van der Waals surface area contributed by atoms with Gasteiger partial charge in [-0.1, -0.05) is 12.8 Å². The van der Waals surface area contributed by atoms with Gasteiger partial charge in [0, 0.05) is 23.4 Å². The van der Waals surface area contributed by atoms with Crippen molar-refractivity contribution in [3.8, 4) is 17.4 Å². The molecular formula is C22H25N5O2. The summed E-state index contributed by atoms with van der Waals surface area (Å²) in [6.45, 7) is 6.03. The molecule has 7 heteroatoms. The average Bonchev–Trinajstić information content (AvgIpc) is 3.35. The Hall–Kier alpha value is -3.22. The molecule has 3 aromatic rings. The minimum atomic E-state index is 0.108. The number of rotatable bonds is 5. The zero-order valence-electron chi connectivity index (χ0n) is 17.0. The first-order chi connectivity index (χ1) is 14.0. The standard InChI is InChI=1S/C22H25N5O2/c1-14-15(2)26-27(16(14)3)20-12-21(24-13-23-20)29-19-10-8-18(9-11-19)25-22(28)17-6-4-5-7-17/h8-13,17H,4-7H2,1-3H3,(H,25,28). The fraction of sp³-hybridized carbons (Fsp3) is 0.364. The third-order valence-electron chi connectivity index (χ3n) is 5.57. The molecule has 0 atom stereocenters. The molecule has 1 N–H and O–H groups in total. The number of nitrogens with one attached hydrogen (secondary N) is 1. The van der Waals surface area contributed by atoms with Crippen LogP contribution >= 0.6 is 0 Å². The lowest BCUT2D eigenvalue weighted by Crippen LogP contribution is -2.20. The molecule has 1 aliphatic carbocycles. The van der Waals surface area contributed by atoms with E-state index in [2.05, 4.69) is 20.4 Å². The molecule has 7 nitrogen and oxygen atoms in total. The van der Waals surface area contributed by atoms with Crippen molar-refractivity contribution in [2.24, 2.45) is 5.92 Å². The van der Waals surface area contributed by atoms with E-state index in [0.29, 0.717) is 17.4 Å². The molecule has 29 heavy (non-hydrogen) atoms. The summed E-state index contributed by atoms with van der Waals surface area (Å²) in [7, 11) is 0. The second-order valence-corrected chi connectivity index (χ2v) is 7.52. The van der Waals surface area contributed by atoms with Gasteiger partial charge in [-0.05, 0) is 63.4 Å². The van der Waals surface area contributed by atoms with Crippen molar-refractivity contribution in [3.63, 3.8) is 0 Å². The Bertz CT molecular complexity index is 1020. The molecule has 1 fully saturated rings. The van der Waals surface area contributed by atoms with Gasteiger partial charge >= 0.3 is 0 Å². The number of hydrogen-bond donors (Lipinski definition) is 1. The summed E-state index contributed by atoms with van der Waals surface area (Å²) in [5.41, 5.74) is 3.92. The summed E-state index contributed by atoms with van der Waals surface area (Å²) >= 11 is 0. The van der Waals surface area contributed by atoms with Crippen molar-refractivity contribution in [2.45, 2.75) is 46.5 Å². The minimum absolute atomic E-state index is 0.108. The molecule has 0 aliphatic heterocycles. The highest BCUT2D eigenvalue weighted by Gasteiger charge is 2.22. The Balaban J connectivity index is 1.45. The van der Waals surface area contributed by atoms with Crippen LogP contribution in [0.4, 0.5) is 5.69 Å². The number of nitrogens with zero attached hydrogens (tertiary/aromatic N) is 4. The number of benzene rings is 1. The molecule has 2 heterocycles. The number of anilines is 1. The zero-order chi connectivity index (χ0) is 20.4. The zero-order valence-corrected chi connectivity index (χ0v) is 17.0. The van der Waals surface area contributed by atoms with E-state index >= 15 is 0 Å². The van der Waals surface area contributed by atoms with Crippen LogP contribution in [0.1, 0.15) is 42.6 Å². The van der Waals surface area contributed by atoms with Gasteiger partial charge in [0.05, 0.1) is 5.69 Å². The molecule has 1 aliphatic rings. The van der Waals surface area contributed by atoms with Gasteiger partial charge in [-0.25, -0.2) is 14.6 Å². The first-order valence-electron chi connectivity index (χ1n) is 9.95. The highest BCUT2D eigenvalue weighted by molar-refractivity contribution is 5.92. The second kappa shape index (κ2) is 8.03. The Labute approximate surface area is 170 Å². The minimum Gasteiger partial charge on any atom is -0.439 e. The van der Waals surface area contributed by atoms with Gasteiger partial charge in [-0.2, -0.15) is 5.10 Å². The Morgan fingerprint density at radius 2 is 1.83 bits per heavy atom. The van der Waals surface area contributed by atoms with Gasteiger partial charge in [-0.3, -0.25) is 4.79 Å². The van der Waals surface area contributed by atoms with Gasteiger partial charge in [0.25, 0.3) is 0 Å². The molecule has 1 saturated carbocycles. The van der Waals surface area contributed by atoms with Crippen molar-refractivity contribution < 1.29 is 9.53 Å². The quantitative estimate of drug-likeness (QED) is 0.692. The van der Waals surface area contributed by atoms with Crippen LogP contribution < -0.4 is 10.1 Å². The fourth-order valence-corrected chi connectivity index (χ4v) is 3.60. The van der Waals surface area contributed by atoms with E-state index in [1.165, 1.54) is 6.33 Å². The van der Waals surface area contributed by atoms with E-state index in [-0.39, 0.29) is 11.8 Å². The first kappa shape index (κ1) is 19.1. The number of amides is 1. The number of aryl methyl sites for hydroxylation is 1. The van der Waals surface area contributed by atoms with Crippen LogP contribution in [0, 0.1) is 26.7 Å². The number of aromatic nitrogens is 4. The number of ether oxygens (including phenoxy) is 1. The number of hydrogen-bond acceptors (Lipinski definition) is 5.